The second-order valence-electron chi connectivity index (χ2n) is 11.8. The first-order valence-electron chi connectivity index (χ1n) is 14.3. The normalized spacial score (nSPS) is 19.5. The lowest BCUT2D eigenvalue weighted by atomic mass is 9.57. The van der Waals surface area contributed by atoms with Crippen molar-refractivity contribution >= 4 is 38.2 Å². The lowest BCUT2D eigenvalue weighted by Crippen LogP contribution is -2.48. The van der Waals surface area contributed by atoms with E-state index in [1.165, 1.54) is 18.3 Å². The summed E-state index contributed by atoms with van der Waals surface area (Å²) in [7, 11) is -2.00. The topological polar surface area (TPSA) is 146 Å². The highest BCUT2D eigenvalue weighted by Crippen LogP contribution is 2.60. The molecule has 230 valence electrons. The smallest absolute Gasteiger partial charge is 0.248 e. The van der Waals surface area contributed by atoms with Gasteiger partial charge in [-0.1, -0.05) is 13.8 Å². The first-order valence-corrected chi connectivity index (χ1v) is 16.2. The predicted molar refractivity (Wildman–Crippen MR) is 166 cm³/mol. The number of carbonyl (C=O) groups is 1. The predicted octanol–water partition coefficient (Wildman–Crippen LogP) is 3.66. The molecule has 0 radical (unpaired) electrons. The third-order valence-electron chi connectivity index (χ3n) is 8.30. The van der Waals surface area contributed by atoms with Crippen molar-refractivity contribution in [3.63, 3.8) is 0 Å². The molecule has 44 heavy (non-hydrogen) atoms. The van der Waals surface area contributed by atoms with E-state index >= 15 is 4.39 Å². The highest BCUT2D eigenvalue weighted by atomic mass is 32.2. The van der Waals surface area contributed by atoms with Crippen molar-refractivity contribution in [3.05, 3.63) is 76.2 Å². The van der Waals surface area contributed by atoms with Crippen molar-refractivity contribution in [2.24, 2.45) is 0 Å². The summed E-state index contributed by atoms with van der Waals surface area (Å²) in [5.74, 6) is -0.558. The Balaban J connectivity index is 1.41. The minimum atomic E-state index is -3.70. The Morgan fingerprint density at radius 3 is 2.64 bits per heavy atom. The zero-order chi connectivity index (χ0) is 31.4. The van der Waals surface area contributed by atoms with E-state index in [2.05, 4.69) is 25.0 Å². The average Bonchev–Trinajstić information content (AvgIpc) is 3.16. The lowest BCUT2D eigenvalue weighted by molar-refractivity contribution is -0.126. The number of nitrogens with zero attached hydrogens (tertiary/aromatic N) is 3. The summed E-state index contributed by atoms with van der Waals surface area (Å²) in [6, 6.07) is 8.11. The molecule has 0 bridgehead atoms. The van der Waals surface area contributed by atoms with Crippen LogP contribution in [0.25, 0.3) is 22.0 Å². The van der Waals surface area contributed by atoms with Gasteiger partial charge in [-0.25, -0.2) is 17.8 Å². The molecule has 4 aromatic rings. The molecule has 1 fully saturated rings. The summed E-state index contributed by atoms with van der Waals surface area (Å²) in [4.78, 5) is 38.6. The van der Waals surface area contributed by atoms with Crippen molar-refractivity contribution in [2.75, 3.05) is 36.1 Å². The van der Waals surface area contributed by atoms with Crippen LogP contribution >= 0.6 is 0 Å². The van der Waals surface area contributed by atoms with E-state index < -0.39 is 21.3 Å². The molecule has 1 saturated carbocycles. The molecule has 13 heteroatoms. The Hall–Kier alpha value is -4.36. The third-order valence-corrected chi connectivity index (χ3v) is 8.89. The maximum atomic E-state index is 15.7. The number of amides is 1. The van der Waals surface area contributed by atoms with E-state index in [4.69, 9.17) is 4.74 Å². The van der Waals surface area contributed by atoms with Crippen molar-refractivity contribution in [1.29, 1.82) is 0 Å². The molecule has 11 nitrogen and oxygen atoms in total. The number of benzene rings is 1. The molecular weight excluding hydrogens is 587 g/mol. The van der Waals surface area contributed by atoms with Crippen molar-refractivity contribution in [3.8, 4) is 17.0 Å². The van der Waals surface area contributed by atoms with Crippen LogP contribution in [0.4, 0.5) is 15.8 Å². The lowest BCUT2D eigenvalue weighted by Gasteiger charge is -2.44. The fraction of sp³-hybridized carbons (Fsp3) is 0.355. The number of carbonyl (C=O) groups excluding carboxylic acids is 1. The van der Waals surface area contributed by atoms with Crippen LogP contribution in [-0.4, -0.2) is 61.8 Å². The molecule has 6 rings (SSSR count). The number of H-pyrrole nitrogens is 1. The number of ether oxygens (including phenoxy) is 1. The number of hydrogen-bond acceptors (Lipinski definition) is 8. The van der Waals surface area contributed by atoms with Crippen LogP contribution in [0.15, 0.2) is 53.7 Å². The molecule has 0 saturated heterocycles. The molecule has 0 unspecified atom stereocenters. The van der Waals surface area contributed by atoms with Crippen LogP contribution in [0, 0.1) is 5.82 Å². The van der Waals surface area contributed by atoms with E-state index in [0.717, 1.165) is 17.4 Å². The maximum Gasteiger partial charge on any atom is 0.248 e. The number of pyridine rings is 3. The highest BCUT2D eigenvalue weighted by Gasteiger charge is 2.58. The number of aromatic amines is 1. The van der Waals surface area contributed by atoms with E-state index in [-0.39, 0.29) is 47.2 Å². The van der Waals surface area contributed by atoms with Crippen LogP contribution in [-0.2, 0) is 20.2 Å². The van der Waals surface area contributed by atoms with Crippen LogP contribution in [0.5, 0.6) is 5.88 Å². The number of likely N-dealkylation sites (N-methyl/N-ethyl adjacent to an activating group) is 1. The Labute approximate surface area is 253 Å². The van der Waals surface area contributed by atoms with E-state index in [1.807, 2.05) is 19.9 Å². The Morgan fingerprint density at radius 2 is 1.93 bits per heavy atom. The number of nitrogens with one attached hydrogen (secondary N) is 3. The van der Waals surface area contributed by atoms with Crippen LogP contribution < -0.4 is 25.2 Å². The van der Waals surface area contributed by atoms with Gasteiger partial charge in [0, 0.05) is 66.2 Å². The Morgan fingerprint density at radius 1 is 1.16 bits per heavy atom. The van der Waals surface area contributed by atoms with Crippen LogP contribution in [0.1, 0.15) is 43.7 Å². The molecule has 1 spiro atoms. The first-order chi connectivity index (χ1) is 20.9. The summed E-state index contributed by atoms with van der Waals surface area (Å²) >= 11 is 0. The minimum Gasteiger partial charge on any atom is -0.475 e. The second-order valence-corrected chi connectivity index (χ2v) is 13.6. The fourth-order valence-corrected chi connectivity index (χ4v) is 6.86. The number of aromatic nitrogens is 3. The van der Waals surface area contributed by atoms with E-state index in [1.54, 1.807) is 36.5 Å². The third kappa shape index (κ3) is 5.30. The monoisotopic (exact) mass is 620 g/mol. The summed E-state index contributed by atoms with van der Waals surface area (Å²) in [5, 5.41) is 3.84. The molecule has 2 aliphatic rings. The zero-order valence-electron chi connectivity index (χ0n) is 24.8. The molecule has 1 aliphatic heterocycles. The molecule has 0 atom stereocenters. The largest absolute Gasteiger partial charge is 0.475 e. The van der Waals surface area contributed by atoms with Crippen molar-refractivity contribution < 1.29 is 22.3 Å². The second kappa shape index (κ2) is 11.0. The molecular formula is C31H33FN6O5S. The summed E-state index contributed by atoms with van der Waals surface area (Å²) < 4.78 is 48.2. The molecule has 1 aromatic carbocycles. The Bertz CT molecular complexity index is 1960. The number of fused-ring (bicyclic) bond motifs is 4. The summed E-state index contributed by atoms with van der Waals surface area (Å²) in [6.45, 7) is 4.76. The SMILES string of the molecule is CC(C)NCCOc1ncc(-c2cc3c(cc2F)ncc2c3[C@]3(C[C@@H](c4cc[nH]c(=O)c4)C3)C(=O)N2C)cc1NS(C)(=O)=O. The van der Waals surface area contributed by atoms with Crippen molar-refractivity contribution in [2.45, 2.75) is 44.1 Å². The minimum absolute atomic E-state index is 0.0147. The van der Waals surface area contributed by atoms with Gasteiger partial charge in [0.15, 0.2) is 0 Å². The Kier molecular flexibility index (Phi) is 7.41. The zero-order valence-corrected chi connectivity index (χ0v) is 25.6. The van der Waals surface area contributed by atoms with Gasteiger partial charge in [-0.05, 0) is 42.5 Å². The number of sulfonamides is 1. The molecule has 1 amide bonds. The standard InChI is InChI=1S/C31H33FN6O5S/c1-17(2)33-7-8-43-29-25(37-44(4,41)42)9-19(15-36-29)21-11-22-24(12-23(21)32)35-16-26-28(22)31(30(40)38(26)3)13-20(14-31)18-5-6-34-27(39)10-18/h5-6,9-12,15-17,20,33,37H,7-8,13-14H2,1-4H3,(H,34,39)/t20-,31-. The van der Waals surface area contributed by atoms with Gasteiger partial charge in [-0.15, -0.1) is 0 Å². The highest BCUT2D eigenvalue weighted by molar-refractivity contribution is 7.92. The van der Waals surface area contributed by atoms with Gasteiger partial charge in [0.05, 0.1) is 29.1 Å². The number of halogens is 1. The van der Waals surface area contributed by atoms with Crippen LogP contribution in [0.3, 0.4) is 0 Å². The molecule has 4 heterocycles. The van der Waals surface area contributed by atoms with Gasteiger partial charge >= 0.3 is 0 Å². The molecule has 1 aliphatic carbocycles. The fourth-order valence-electron chi connectivity index (χ4n) is 6.31. The van der Waals surface area contributed by atoms with Gasteiger partial charge < -0.3 is 19.9 Å². The number of rotatable bonds is 9. The number of anilines is 2. The number of hydrogen-bond donors (Lipinski definition) is 3. The summed E-state index contributed by atoms with van der Waals surface area (Å²) in [5.41, 5.74) is 2.23. The van der Waals surface area contributed by atoms with Gasteiger partial charge in [0.2, 0.25) is 27.4 Å². The van der Waals surface area contributed by atoms with Gasteiger partial charge in [-0.2, -0.15) is 0 Å². The first kappa shape index (κ1) is 29.7. The van der Waals surface area contributed by atoms with Gasteiger partial charge in [-0.3, -0.25) is 19.3 Å². The quantitative estimate of drug-likeness (QED) is 0.240. The summed E-state index contributed by atoms with van der Waals surface area (Å²) in [6.07, 6.45) is 6.65. The van der Waals surface area contributed by atoms with Crippen LogP contribution in [0.2, 0.25) is 0 Å². The van der Waals surface area contributed by atoms with Crippen molar-refractivity contribution in [1.82, 2.24) is 20.3 Å². The average molecular weight is 621 g/mol. The molecule has 3 N–H and O–H groups in total. The van der Waals surface area contributed by atoms with E-state index in [9.17, 15) is 18.0 Å². The van der Waals surface area contributed by atoms with Gasteiger partial charge in [0.1, 0.15) is 18.1 Å². The van der Waals surface area contributed by atoms with Gasteiger partial charge in [0.25, 0.3) is 0 Å². The van der Waals surface area contributed by atoms with E-state index in [0.29, 0.717) is 41.5 Å². The maximum absolute atomic E-state index is 15.7. The molecule has 3 aromatic heterocycles.